The Morgan fingerprint density at radius 3 is 1.87 bits per heavy atom. The molecule has 0 saturated heterocycles. The highest BCUT2D eigenvalue weighted by Gasteiger charge is 2.23. The topological polar surface area (TPSA) is 73.7 Å². The number of nitriles is 1. The van der Waals surface area contributed by atoms with Gasteiger partial charge in [-0.1, -0.05) is 0 Å². The number of hydrogen-bond donors (Lipinski definition) is 0. The lowest BCUT2D eigenvalue weighted by Crippen LogP contribution is -2.22. The second kappa shape index (κ2) is 6.78. The van der Waals surface area contributed by atoms with Crippen molar-refractivity contribution >= 4 is 22.0 Å². The number of nitrogens with zero attached hydrogens (tertiary/aromatic N) is 8. The molecule has 4 aromatic rings. The first-order valence-electron chi connectivity index (χ1n) is 9.45. The highest BCUT2D eigenvalue weighted by Crippen LogP contribution is 2.22. The highest BCUT2D eigenvalue weighted by molar-refractivity contribution is 5.95. The van der Waals surface area contributed by atoms with Crippen LogP contribution in [0.5, 0.6) is 0 Å². The summed E-state index contributed by atoms with van der Waals surface area (Å²) < 4.78 is 7.74. The van der Waals surface area contributed by atoms with Gasteiger partial charge >= 0.3 is 0 Å². The van der Waals surface area contributed by atoms with Crippen LogP contribution in [-0.2, 0) is 28.2 Å². The molecule has 0 unspecified atom stereocenters. The van der Waals surface area contributed by atoms with Crippen LogP contribution in [0.1, 0.15) is 23.0 Å². The van der Waals surface area contributed by atoms with E-state index in [4.69, 9.17) is 6.57 Å². The van der Waals surface area contributed by atoms with Gasteiger partial charge in [-0.2, -0.15) is 5.26 Å². The summed E-state index contributed by atoms with van der Waals surface area (Å²) in [6, 6.07) is 2.36. The Balaban J connectivity index is 2.33. The average Bonchev–Trinajstić information content (AvgIpc) is 3.45. The zero-order chi connectivity index (χ0) is 21.7. The molecular weight excluding hydrogens is 376 g/mol. The van der Waals surface area contributed by atoms with Crippen molar-refractivity contribution in [3.05, 3.63) is 69.9 Å². The molecule has 4 aromatic heterocycles. The minimum atomic E-state index is 0.485. The predicted octanol–water partition coefficient (Wildman–Crippen LogP) is 1.40. The van der Waals surface area contributed by atoms with Crippen molar-refractivity contribution in [2.75, 3.05) is 0 Å². The van der Waals surface area contributed by atoms with E-state index >= 15 is 0 Å². The second-order valence-corrected chi connectivity index (χ2v) is 7.41. The fourth-order valence-electron chi connectivity index (χ4n) is 4.14. The van der Waals surface area contributed by atoms with Gasteiger partial charge in [-0.05, 0) is 13.8 Å². The molecular formula is C22H22N8. The van der Waals surface area contributed by atoms with Crippen LogP contribution in [0.15, 0.2) is 24.8 Å². The molecule has 0 amide bonds. The summed E-state index contributed by atoms with van der Waals surface area (Å²) in [7, 11) is 7.66. The Hall–Kier alpha value is -4.04. The molecule has 0 aliphatic carbocycles. The summed E-state index contributed by atoms with van der Waals surface area (Å²) >= 11 is 0. The first-order valence-corrected chi connectivity index (χ1v) is 9.45. The summed E-state index contributed by atoms with van der Waals surface area (Å²) in [4.78, 5) is 12.7. The molecule has 0 N–H and O–H groups in total. The van der Waals surface area contributed by atoms with E-state index in [0.29, 0.717) is 22.9 Å². The van der Waals surface area contributed by atoms with Gasteiger partial charge in [0, 0.05) is 75.1 Å². The van der Waals surface area contributed by atoms with Crippen LogP contribution in [0, 0.1) is 31.8 Å². The normalized spacial score (nSPS) is 13.3. The number of aryl methyl sites for hydroxylation is 4. The van der Waals surface area contributed by atoms with Crippen molar-refractivity contribution in [1.82, 2.24) is 28.2 Å². The molecule has 4 rings (SSSR count). The molecule has 30 heavy (non-hydrogen) atoms. The van der Waals surface area contributed by atoms with E-state index in [2.05, 4.69) is 20.9 Å². The van der Waals surface area contributed by atoms with Gasteiger partial charge in [-0.25, -0.2) is 14.8 Å². The van der Waals surface area contributed by atoms with Gasteiger partial charge in [0.05, 0.1) is 17.3 Å². The Kier molecular flexibility index (Phi) is 4.36. The van der Waals surface area contributed by atoms with Gasteiger partial charge < -0.3 is 18.3 Å². The van der Waals surface area contributed by atoms with Crippen LogP contribution in [0.3, 0.4) is 0 Å². The maximum absolute atomic E-state index is 10.1. The van der Waals surface area contributed by atoms with Crippen molar-refractivity contribution in [3.63, 3.8) is 0 Å². The Labute approximate surface area is 174 Å². The number of imidazole rings is 2. The molecule has 4 heterocycles. The molecule has 0 aliphatic rings. The van der Waals surface area contributed by atoms with E-state index in [1.165, 1.54) is 0 Å². The van der Waals surface area contributed by atoms with Crippen molar-refractivity contribution < 1.29 is 0 Å². The zero-order valence-electron chi connectivity index (χ0n) is 17.9. The number of rotatable bonds is 2. The maximum Gasteiger partial charge on any atom is 0.252 e. The first-order chi connectivity index (χ1) is 14.3. The molecule has 0 radical (unpaired) electrons. The number of aromatic nitrogens is 6. The van der Waals surface area contributed by atoms with E-state index in [0.717, 1.165) is 32.9 Å². The summed E-state index contributed by atoms with van der Waals surface area (Å²) in [6.45, 7) is 11.9. The summed E-state index contributed by atoms with van der Waals surface area (Å²) in [5.41, 5.74) is 2.95. The van der Waals surface area contributed by atoms with Gasteiger partial charge in [0.2, 0.25) is 0 Å². The molecule has 150 valence electrons. The van der Waals surface area contributed by atoms with Gasteiger partial charge in [-0.3, -0.25) is 0 Å². The van der Waals surface area contributed by atoms with E-state index in [1.807, 2.05) is 72.7 Å². The molecule has 0 atom stereocenters. The summed E-state index contributed by atoms with van der Waals surface area (Å²) in [5.74, 6) is 1.23. The van der Waals surface area contributed by atoms with Gasteiger partial charge in [-0.15, -0.1) is 0 Å². The monoisotopic (exact) mass is 398 g/mol. The highest BCUT2D eigenvalue weighted by atomic mass is 15.1. The molecule has 8 nitrogen and oxygen atoms in total. The van der Waals surface area contributed by atoms with Crippen LogP contribution < -0.4 is 10.7 Å². The van der Waals surface area contributed by atoms with E-state index in [-0.39, 0.29) is 0 Å². The summed E-state index contributed by atoms with van der Waals surface area (Å²) in [5, 5.41) is 13.6. The van der Waals surface area contributed by atoms with Crippen LogP contribution >= 0.6 is 0 Å². The van der Waals surface area contributed by atoms with Crippen LogP contribution in [0.4, 0.5) is 0 Å². The molecule has 8 heteroatoms. The van der Waals surface area contributed by atoms with Crippen LogP contribution in [0.2, 0.25) is 0 Å². The van der Waals surface area contributed by atoms with Gasteiger partial charge in [0.15, 0.2) is 5.82 Å². The lowest BCUT2D eigenvalue weighted by atomic mass is 10.1. The molecule has 0 aromatic carbocycles. The fraction of sp³-hybridized carbons (Fsp3) is 0.273. The maximum atomic E-state index is 10.1. The molecule has 0 saturated carbocycles. The Morgan fingerprint density at radius 2 is 1.40 bits per heavy atom. The standard InChI is InChI=1S/C22H22N8/c1-13-16-17(20(30(13)7)18(24-3)22-26-9-11-28(22)5)14(2)29(6)19(16)15(12-23)21-25-8-10-27(21)4/h8-11H,1-2,4-7H3/b19-15-,20-18+. The van der Waals surface area contributed by atoms with Crippen molar-refractivity contribution in [3.8, 4) is 6.07 Å². The predicted molar refractivity (Wildman–Crippen MR) is 114 cm³/mol. The van der Waals surface area contributed by atoms with Crippen molar-refractivity contribution in [1.29, 1.82) is 5.26 Å². The van der Waals surface area contributed by atoms with Crippen molar-refractivity contribution in [2.45, 2.75) is 13.8 Å². The third kappa shape index (κ3) is 2.44. The quantitative estimate of drug-likeness (QED) is 0.479. The lowest BCUT2D eigenvalue weighted by molar-refractivity contribution is 0.819. The van der Waals surface area contributed by atoms with Crippen molar-refractivity contribution in [2.24, 2.45) is 28.2 Å². The van der Waals surface area contributed by atoms with E-state index in [9.17, 15) is 5.26 Å². The van der Waals surface area contributed by atoms with E-state index < -0.39 is 0 Å². The molecule has 0 fully saturated rings. The molecule has 0 bridgehead atoms. The minimum absolute atomic E-state index is 0.485. The number of hydrogen-bond acceptors (Lipinski definition) is 3. The molecule has 0 spiro atoms. The zero-order valence-corrected chi connectivity index (χ0v) is 17.9. The Bertz CT molecular complexity index is 1400. The fourth-order valence-corrected chi connectivity index (χ4v) is 4.14. The third-order valence-electron chi connectivity index (χ3n) is 5.89. The number of fused-ring (bicyclic) bond motifs is 1. The Morgan fingerprint density at radius 1 is 0.900 bits per heavy atom. The second-order valence-electron chi connectivity index (χ2n) is 7.41. The first kappa shape index (κ1) is 19.3. The summed E-state index contributed by atoms with van der Waals surface area (Å²) in [6.07, 6.45) is 7.04. The third-order valence-corrected chi connectivity index (χ3v) is 5.89. The van der Waals surface area contributed by atoms with Crippen LogP contribution in [-0.4, -0.2) is 28.2 Å². The lowest BCUT2D eigenvalue weighted by Gasteiger charge is -2.06. The smallest absolute Gasteiger partial charge is 0.252 e. The van der Waals surface area contributed by atoms with Crippen LogP contribution in [0.25, 0.3) is 26.9 Å². The van der Waals surface area contributed by atoms with Gasteiger partial charge in [0.1, 0.15) is 17.5 Å². The minimum Gasteiger partial charge on any atom is -0.356 e. The largest absolute Gasteiger partial charge is 0.356 e. The average molecular weight is 398 g/mol. The van der Waals surface area contributed by atoms with Gasteiger partial charge in [0.25, 0.3) is 5.70 Å². The molecule has 0 aliphatic heterocycles. The van der Waals surface area contributed by atoms with E-state index in [1.54, 1.807) is 12.4 Å². The SMILES string of the molecule is [C-]#[N+]/C(c1nccn1C)=c1\c2c(C)n(C)/c(=C(/C#N)c3nccn3C)c2c(C)n1C.